The second kappa shape index (κ2) is 39.0. The van der Waals surface area contributed by atoms with Gasteiger partial charge in [-0.15, -0.1) is 0 Å². The van der Waals surface area contributed by atoms with Crippen LogP contribution in [0.2, 0.25) is 0 Å². The van der Waals surface area contributed by atoms with Gasteiger partial charge >= 0.3 is 7.82 Å². The molecule has 0 rings (SSSR count). The Hall–Kier alpha value is -0.500. The largest absolute Gasteiger partial charge is 0.472 e. The van der Waals surface area contributed by atoms with E-state index in [0.717, 1.165) is 38.5 Å². The van der Waals surface area contributed by atoms with Gasteiger partial charge in [0.15, 0.2) is 0 Å². The molecule has 9 heteroatoms. The molecule has 0 aromatic heterocycles. The van der Waals surface area contributed by atoms with Crippen molar-refractivity contribution >= 4 is 13.7 Å². The van der Waals surface area contributed by atoms with Crippen LogP contribution in [0.4, 0.5) is 0 Å². The van der Waals surface area contributed by atoms with Gasteiger partial charge in [-0.25, -0.2) is 4.57 Å². The number of rotatable bonds is 44. The van der Waals surface area contributed by atoms with Crippen LogP contribution in [0.3, 0.4) is 0 Å². The number of quaternary nitrogens is 1. The van der Waals surface area contributed by atoms with Crippen LogP contribution in [0.15, 0.2) is 0 Å². The smallest absolute Gasteiger partial charge is 0.391 e. The summed E-state index contributed by atoms with van der Waals surface area (Å²) in [6.45, 7) is 4.89. The zero-order valence-corrected chi connectivity index (χ0v) is 38.3. The number of carbonyl (C=O) groups excluding carboxylic acids is 1. The first-order chi connectivity index (χ1) is 26.5. The molecule has 0 saturated carbocycles. The van der Waals surface area contributed by atoms with E-state index in [1.807, 2.05) is 21.1 Å². The van der Waals surface area contributed by atoms with E-state index in [1.165, 1.54) is 173 Å². The highest BCUT2D eigenvalue weighted by molar-refractivity contribution is 7.47. The van der Waals surface area contributed by atoms with Gasteiger partial charge in [0.2, 0.25) is 5.91 Å². The van der Waals surface area contributed by atoms with Crippen LogP contribution in [0, 0.1) is 0 Å². The van der Waals surface area contributed by atoms with Crippen LogP contribution in [-0.2, 0) is 18.4 Å². The molecular formula is C46H96N2O6P+. The summed E-state index contributed by atoms with van der Waals surface area (Å²) in [5.41, 5.74) is 0. The molecule has 0 aliphatic rings. The van der Waals surface area contributed by atoms with E-state index in [4.69, 9.17) is 9.05 Å². The quantitative estimate of drug-likeness (QED) is 0.0322. The Balaban J connectivity index is 4.11. The SMILES string of the molecule is CCCCCCCCCCCCCCCCCCCCCCCCCCC(O)C(COP(=O)(O)OCC[N+](C)(C)C)NC(=O)CCCCCCCCCCC. The van der Waals surface area contributed by atoms with E-state index in [2.05, 4.69) is 19.2 Å². The Morgan fingerprint density at radius 3 is 1.22 bits per heavy atom. The third kappa shape index (κ3) is 41.5. The van der Waals surface area contributed by atoms with Crippen molar-refractivity contribution in [1.82, 2.24) is 5.32 Å². The lowest BCUT2D eigenvalue weighted by atomic mass is 10.0. The van der Waals surface area contributed by atoms with E-state index < -0.39 is 20.0 Å². The first-order valence-corrected chi connectivity index (χ1v) is 25.4. The second-order valence-corrected chi connectivity index (χ2v) is 19.3. The van der Waals surface area contributed by atoms with Gasteiger partial charge in [0.25, 0.3) is 0 Å². The Morgan fingerprint density at radius 1 is 0.545 bits per heavy atom. The van der Waals surface area contributed by atoms with Crippen LogP contribution in [0.5, 0.6) is 0 Å². The van der Waals surface area contributed by atoms with E-state index in [0.29, 0.717) is 23.9 Å². The maximum absolute atomic E-state index is 12.8. The normalized spacial score (nSPS) is 14.2. The average Bonchev–Trinajstić information content (AvgIpc) is 3.13. The molecule has 0 aliphatic heterocycles. The van der Waals surface area contributed by atoms with Crippen molar-refractivity contribution in [2.24, 2.45) is 0 Å². The fraction of sp³-hybridized carbons (Fsp3) is 0.978. The van der Waals surface area contributed by atoms with Crippen LogP contribution in [0.1, 0.15) is 239 Å². The molecule has 1 amide bonds. The number of hydrogen-bond acceptors (Lipinski definition) is 5. The summed E-state index contributed by atoms with van der Waals surface area (Å²) in [6.07, 6.45) is 42.9. The Bertz CT molecular complexity index is 870. The minimum Gasteiger partial charge on any atom is -0.391 e. The summed E-state index contributed by atoms with van der Waals surface area (Å²) in [5, 5.41) is 13.9. The molecule has 0 radical (unpaired) electrons. The minimum atomic E-state index is -4.30. The summed E-state index contributed by atoms with van der Waals surface area (Å²) >= 11 is 0. The molecule has 3 N–H and O–H groups in total. The van der Waals surface area contributed by atoms with E-state index in [9.17, 15) is 19.4 Å². The van der Waals surface area contributed by atoms with Crippen molar-refractivity contribution < 1.29 is 32.9 Å². The molecule has 0 aromatic carbocycles. The van der Waals surface area contributed by atoms with Gasteiger partial charge in [-0.1, -0.05) is 219 Å². The molecule has 0 heterocycles. The Labute approximate surface area is 342 Å². The van der Waals surface area contributed by atoms with E-state index in [1.54, 1.807) is 0 Å². The molecular weight excluding hydrogens is 707 g/mol. The number of likely N-dealkylation sites (N-methyl/N-ethyl adjacent to an activating group) is 1. The zero-order chi connectivity index (χ0) is 40.7. The topological polar surface area (TPSA) is 105 Å². The molecule has 0 spiro atoms. The molecule has 0 fully saturated rings. The summed E-state index contributed by atoms with van der Waals surface area (Å²) in [6, 6.07) is -0.752. The number of aliphatic hydroxyl groups is 1. The van der Waals surface area contributed by atoms with Crippen molar-refractivity contribution in [3.8, 4) is 0 Å². The molecule has 55 heavy (non-hydrogen) atoms. The van der Waals surface area contributed by atoms with Gasteiger partial charge in [0, 0.05) is 6.42 Å². The highest BCUT2D eigenvalue weighted by atomic mass is 31.2. The van der Waals surface area contributed by atoms with Crippen molar-refractivity contribution in [2.45, 2.75) is 251 Å². The number of hydrogen-bond donors (Lipinski definition) is 3. The van der Waals surface area contributed by atoms with E-state index in [-0.39, 0.29) is 19.1 Å². The molecule has 3 atom stereocenters. The molecule has 0 bridgehead atoms. The van der Waals surface area contributed by atoms with Crippen molar-refractivity contribution in [1.29, 1.82) is 0 Å². The van der Waals surface area contributed by atoms with Gasteiger partial charge in [0.05, 0.1) is 39.9 Å². The van der Waals surface area contributed by atoms with Crippen LogP contribution >= 0.6 is 7.82 Å². The lowest BCUT2D eigenvalue weighted by Crippen LogP contribution is -2.46. The highest BCUT2D eigenvalue weighted by Crippen LogP contribution is 2.43. The van der Waals surface area contributed by atoms with Crippen molar-refractivity contribution in [3.05, 3.63) is 0 Å². The zero-order valence-electron chi connectivity index (χ0n) is 37.4. The summed E-state index contributed by atoms with van der Waals surface area (Å²) in [7, 11) is 1.63. The Morgan fingerprint density at radius 2 is 0.873 bits per heavy atom. The fourth-order valence-corrected chi connectivity index (χ4v) is 8.02. The van der Waals surface area contributed by atoms with Gasteiger partial charge in [0.1, 0.15) is 13.2 Å². The fourth-order valence-electron chi connectivity index (χ4n) is 7.28. The summed E-state index contributed by atoms with van der Waals surface area (Å²) in [5.74, 6) is -0.145. The number of aliphatic hydroxyl groups excluding tert-OH is 1. The number of phosphoric acid groups is 1. The van der Waals surface area contributed by atoms with Gasteiger partial charge in [-0.2, -0.15) is 0 Å². The lowest BCUT2D eigenvalue weighted by Gasteiger charge is -2.26. The third-order valence-corrected chi connectivity index (χ3v) is 12.1. The van der Waals surface area contributed by atoms with Gasteiger partial charge in [-0.05, 0) is 12.8 Å². The predicted octanol–water partition coefficient (Wildman–Crippen LogP) is 13.4. The summed E-state index contributed by atoms with van der Waals surface area (Å²) in [4.78, 5) is 23.1. The van der Waals surface area contributed by atoms with Crippen molar-refractivity contribution in [2.75, 3.05) is 40.9 Å². The van der Waals surface area contributed by atoms with Crippen molar-refractivity contribution in [3.63, 3.8) is 0 Å². The number of amides is 1. The van der Waals surface area contributed by atoms with E-state index >= 15 is 0 Å². The highest BCUT2D eigenvalue weighted by Gasteiger charge is 2.28. The predicted molar refractivity (Wildman–Crippen MR) is 236 cm³/mol. The molecule has 3 unspecified atom stereocenters. The maximum Gasteiger partial charge on any atom is 0.472 e. The maximum atomic E-state index is 12.8. The standard InChI is InChI=1S/C46H95N2O6P/c1-6-8-10-12-14-16-17-18-19-20-21-22-23-24-25-26-27-28-29-30-32-33-35-37-39-45(49)44(43-54-55(51,52)53-42-41-48(3,4)5)47-46(50)40-38-36-34-31-15-13-11-9-7-2/h44-45,49H,6-43H2,1-5H3,(H-,47,50,51,52)/p+1. The lowest BCUT2D eigenvalue weighted by molar-refractivity contribution is -0.870. The number of phosphoric ester groups is 1. The molecule has 8 nitrogen and oxygen atoms in total. The summed E-state index contributed by atoms with van der Waals surface area (Å²) < 4.78 is 23.6. The molecule has 330 valence electrons. The number of nitrogens with zero attached hydrogens (tertiary/aromatic N) is 1. The Kier molecular flexibility index (Phi) is 38.6. The van der Waals surface area contributed by atoms with Gasteiger partial charge in [-0.3, -0.25) is 13.8 Å². The van der Waals surface area contributed by atoms with Crippen LogP contribution < -0.4 is 5.32 Å². The number of carbonyl (C=O) groups is 1. The molecule has 0 aromatic rings. The van der Waals surface area contributed by atoms with Gasteiger partial charge < -0.3 is 19.8 Å². The third-order valence-electron chi connectivity index (χ3n) is 11.1. The van der Waals surface area contributed by atoms with Crippen LogP contribution in [-0.4, -0.2) is 73.4 Å². The first kappa shape index (κ1) is 54.5. The second-order valence-electron chi connectivity index (χ2n) is 17.9. The first-order valence-electron chi connectivity index (χ1n) is 23.9. The van der Waals surface area contributed by atoms with Crippen LogP contribution in [0.25, 0.3) is 0 Å². The monoisotopic (exact) mass is 804 g/mol. The number of nitrogens with one attached hydrogen (secondary N) is 1. The molecule has 0 aliphatic carbocycles. The molecule has 0 saturated heterocycles. The average molecular weight is 804 g/mol. The minimum absolute atomic E-state index is 0.0784. The number of unbranched alkanes of at least 4 members (excludes halogenated alkanes) is 31.